The van der Waals surface area contributed by atoms with Crippen molar-refractivity contribution < 1.29 is 23.7 Å². The van der Waals surface area contributed by atoms with Gasteiger partial charge in [-0.15, -0.1) is 0 Å². The van der Waals surface area contributed by atoms with Crippen LogP contribution in [0.5, 0.6) is 6.01 Å². The summed E-state index contributed by atoms with van der Waals surface area (Å²) in [7, 11) is 0. The molecule has 0 aliphatic carbocycles. The van der Waals surface area contributed by atoms with E-state index in [9.17, 15) is 9.59 Å². The topological polar surface area (TPSA) is 107 Å². The van der Waals surface area contributed by atoms with Gasteiger partial charge in [0.1, 0.15) is 19.0 Å². The normalized spacial score (nSPS) is 23.2. The number of hydrogen-bond acceptors (Lipinski definition) is 9. The summed E-state index contributed by atoms with van der Waals surface area (Å²) in [5.41, 5.74) is 0.499. The molecule has 0 saturated carbocycles. The first-order valence-corrected chi connectivity index (χ1v) is 10.2. The van der Waals surface area contributed by atoms with E-state index in [4.69, 9.17) is 31.2 Å². The number of carbonyl (C=O) groups excluding carboxylic acids is 1. The number of thiocarbonyl (C=S) groups is 1. The summed E-state index contributed by atoms with van der Waals surface area (Å²) < 4.78 is 26.7. The highest BCUT2D eigenvalue weighted by atomic mass is 32.1. The molecule has 5 rings (SSSR count). The number of esters is 1. The maximum absolute atomic E-state index is 12.4. The number of nitrogens with zero attached hydrogens (tertiary/aromatic N) is 4. The molecular formula is C21H18N4O6S. The fourth-order valence-corrected chi connectivity index (χ4v) is 3.86. The molecule has 2 aromatic heterocycles. The molecule has 4 atom stereocenters. The number of ether oxygens (including phenoxy) is 4. The van der Waals surface area contributed by atoms with Crippen molar-refractivity contribution in [1.29, 1.82) is 0 Å². The van der Waals surface area contributed by atoms with Crippen molar-refractivity contribution in [2.75, 3.05) is 6.61 Å². The number of carbonyl (C=O) groups is 1. The first kappa shape index (κ1) is 20.3. The Morgan fingerprint density at radius 3 is 2.84 bits per heavy atom. The van der Waals surface area contributed by atoms with E-state index < -0.39 is 30.5 Å². The van der Waals surface area contributed by atoms with Crippen molar-refractivity contribution in [3.8, 4) is 6.01 Å². The molecular weight excluding hydrogens is 436 g/mol. The highest BCUT2D eigenvalue weighted by Gasteiger charge is 2.54. The zero-order valence-corrected chi connectivity index (χ0v) is 17.7. The molecule has 0 amide bonds. The molecule has 3 aromatic rings. The van der Waals surface area contributed by atoms with E-state index in [1.54, 1.807) is 54.3 Å². The zero-order valence-electron chi connectivity index (χ0n) is 16.9. The Morgan fingerprint density at radius 2 is 2.09 bits per heavy atom. The largest absolute Gasteiger partial charge is 0.460 e. The second kappa shape index (κ2) is 8.17. The highest BCUT2D eigenvalue weighted by molar-refractivity contribution is 7.80. The predicted molar refractivity (Wildman–Crippen MR) is 113 cm³/mol. The number of aryl methyl sites for hydroxylation is 1. The van der Waals surface area contributed by atoms with Crippen molar-refractivity contribution in [3.63, 3.8) is 0 Å². The molecule has 10 nitrogen and oxygen atoms in total. The van der Waals surface area contributed by atoms with Gasteiger partial charge in [-0.3, -0.25) is 13.9 Å². The van der Waals surface area contributed by atoms with E-state index in [0.717, 1.165) is 0 Å². The lowest BCUT2D eigenvalue weighted by Gasteiger charge is -2.23. The third kappa shape index (κ3) is 3.65. The Bertz CT molecular complexity index is 1210. The summed E-state index contributed by atoms with van der Waals surface area (Å²) in [4.78, 5) is 32.2. The van der Waals surface area contributed by atoms with Crippen LogP contribution in [0, 0.1) is 6.92 Å². The number of rotatable bonds is 4. The van der Waals surface area contributed by atoms with E-state index in [-0.39, 0.29) is 23.4 Å². The average Bonchev–Trinajstić information content (AvgIpc) is 3.51. The first-order chi connectivity index (χ1) is 15.5. The van der Waals surface area contributed by atoms with Crippen LogP contribution in [0.4, 0.5) is 0 Å². The fraction of sp³-hybridized carbons (Fsp3) is 0.286. The smallest absolute Gasteiger partial charge is 0.338 e. The molecule has 0 spiro atoms. The van der Waals surface area contributed by atoms with Crippen LogP contribution in [0.25, 0.3) is 0 Å². The quantitative estimate of drug-likeness (QED) is 0.428. The summed E-state index contributed by atoms with van der Waals surface area (Å²) in [6.07, 6.45) is 3.68. The number of fused-ring (bicyclic) bond motifs is 3. The van der Waals surface area contributed by atoms with Gasteiger partial charge in [0.2, 0.25) is 0 Å². The van der Waals surface area contributed by atoms with Crippen LogP contribution in [-0.4, -0.2) is 55.2 Å². The number of hydrogen-bond donors (Lipinski definition) is 0. The van der Waals surface area contributed by atoms with Crippen LogP contribution in [0.1, 0.15) is 22.1 Å². The number of imidazole rings is 1. The van der Waals surface area contributed by atoms with Crippen molar-refractivity contribution in [2.45, 2.75) is 31.5 Å². The third-order valence-corrected chi connectivity index (χ3v) is 5.54. The molecule has 1 aromatic carbocycles. The Balaban J connectivity index is 1.38. The van der Waals surface area contributed by atoms with Crippen molar-refractivity contribution in [3.05, 3.63) is 76.7 Å². The van der Waals surface area contributed by atoms with Crippen molar-refractivity contribution >= 4 is 23.4 Å². The SMILES string of the molecule is Cc1cn2c(nc1=O)O[C@H]1[C@H](OC(=S)n3ccnc3)[C@@H](COC(=O)c3ccccc3)O[C@H]12. The van der Waals surface area contributed by atoms with E-state index in [0.29, 0.717) is 11.1 Å². The summed E-state index contributed by atoms with van der Waals surface area (Å²) in [5, 5.41) is 0.134. The summed E-state index contributed by atoms with van der Waals surface area (Å²) >= 11 is 5.37. The molecule has 2 aliphatic rings. The van der Waals surface area contributed by atoms with Gasteiger partial charge in [-0.2, -0.15) is 4.98 Å². The molecule has 11 heteroatoms. The summed E-state index contributed by atoms with van der Waals surface area (Å²) in [6, 6.07) is 8.79. The molecule has 1 saturated heterocycles. The lowest BCUT2D eigenvalue weighted by Crippen LogP contribution is -2.41. The molecule has 164 valence electrons. The molecule has 0 N–H and O–H groups in total. The van der Waals surface area contributed by atoms with Gasteiger partial charge in [-0.1, -0.05) is 18.2 Å². The minimum Gasteiger partial charge on any atom is -0.460 e. The van der Waals surface area contributed by atoms with Crippen LogP contribution in [0.3, 0.4) is 0 Å². The van der Waals surface area contributed by atoms with Gasteiger partial charge in [0, 0.05) is 24.2 Å². The van der Waals surface area contributed by atoms with E-state index in [1.165, 1.54) is 10.9 Å². The Labute approximate surface area is 187 Å². The molecule has 32 heavy (non-hydrogen) atoms. The van der Waals surface area contributed by atoms with Gasteiger partial charge < -0.3 is 18.9 Å². The summed E-state index contributed by atoms with van der Waals surface area (Å²) in [6.45, 7) is 1.58. The Hall–Kier alpha value is -3.57. The number of aromatic nitrogens is 4. The standard InChI is InChI=1S/C21H18N4O6S/c1-12-9-25-18-16(30-20(25)23-17(12)26)15(31-21(32)24-8-7-22-11-24)14(29-18)10-28-19(27)13-5-3-2-4-6-13/h2-9,11,14-16,18H,10H2,1H3/t14-,15-,16+,18-/m1/s1. The third-order valence-electron chi connectivity index (χ3n) is 5.23. The predicted octanol–water partition coefficient (Wildman–Crippen LogP) is 1.48. The molecule has 0 bridgehead atoms. The monoisotopic (exact) mass is 454 g/mol. The van der Waals surface area contributed by atoms with Gasteiger partial charge in [-0.25, -0.2) is 9.78 Å². The second-order valence-corrected chi connectivity index (χ2v) is 7.70. The van der Waals surface area contributed by atoms with Crippen LogP contribution in [-0.2, 0) is 14.2 Å². The Morgan fingerprint density at radius 1 is 1.28 bits per heavy atom. The molecule has 0 radical (unpaired) electrons. The first-order valence-electron chi connectivity index (χ1n) is 9.84. The van der Waals surface area contributed by atoms with Gasteiger partial charge in [0.25, 0.3) is 10.7 Å². The van der Waals surface area contributed by atoms with Crippen LogP contribution >= 0.6 is 12.2 Å². The highest BCUT2D eigenvalue weighted by Crippen LogP contribution is 2.40. The zero-order chi connectivity index (χ0) is 22.2. The Kier molecular flexibility index (Phi) is 5.19. The fourth-order valence-electron chi connectivity index (χ4n) is 3.64. The molecule has 2 aliphatic heterocycles. The van der Waals surface area contributed by atoms with E-state index in [1.807, 2.05) is 6.07 Å². The lowest BCUT2D eigenvalue weighted by atomic mass is 10.1. The van der Waals surface area contributed by atoms with Crippen LogP contribution in [0.2, 0.25) is 0 Å². The van der Waals surface area contributed by atoms with Crippen LogP contribution in [0.15, 0.2) is 60.0 Å². The molecule has 1 fully saturated rings. The maximum atomic E-state index is 12.4. The average molecular weight is 454 g/mol. The minimum atomic E-state index is -0.726. The van der Waals surface area contributed by atoms with Crippen molar-refractivity contribution in [2.24, 2.45) is 0 Å². The van der Waals surface area contributed by atoms with E-state index in [2.05, 4.69) is 9.97 Å². The van der Waals surface area contributed by atoms with E-state index >= 15 is 0 Å². The summed E-state index contributed by atoms with van der Waals surface area (Å²) in [5.74, 6) is -0.482. The lowest BCUT2D eigenvalue weighted by molar-refractivity contribution is -0.0491. The van der Waals surface area contributed by atoms with Gasteiger partial charge in [0.15, 0.2) is 18.4 Å². The molecule has 4 heterocycles. The maximum Gasteiger partial charge on any atom is 0.338 e. The van der Waals surface area contributed by atoms with Gasteiger partial charge in [-0.05, 0) is 31.3 Å². The molecule has 0 unspecified atom stereocenters. The van der Waals surface area contributed by atoms with Crippen molar-refractivity contribution in [1.82, 2.24) is 19.1 Å². The van der Waals surface area contributed by atoms with Gasteiger partial charge in [0.05, 0.1) is 5.56 Å². The minimum absolute atomic E-state index is 0.0801. The second-order valence-electron chi connectivity index (χ2n) is 7.35. The van der Waals surface area contributed by atoms with Crippen LogP contribution < -0.4 is 10.3 Å². The van der Waals surface area contributed by atoms with Gasteiger partial charge >= 0.3 is 12.0 Å². The number of benzene rings is 1.